The lowest BCUT2D eigenvalue weighted by Gasteiger charge is -2.08. The zero-order valence-corrected chi connectivity index (χ0v) is 10.3. The Morgan fingerprint density at radius 2 is 2.17 bits per heavy atom. The fourth-order valence-corrected chi connectivity index (χ4v) is 1.65. The quantitative estimate of drug-likeness (QED) is 0.837. The molecule has 0 unspecified atom stereocenters. The van der Waals surface area contributed by atoms with Crippen LogP contribution in [0.5, 0.6) is 0 Å². The molecule has 18 heavy (non-hydrogen) atoms. The molecule has 1 aromatic heterocycles. The summed E-state index contributed by atoms with van der Waals surface area (Å²) in [4.78, 5) is 11.5. The highest BCUT2D eigenvalue weighted by molar-refractivity contribution is 5.92. The Balaban J connectivity index is 2.05. The smallest absolute Gasteiger partial charge is 0.239 e. The summed E-state index contributed by atoms with van der Waals surface area (Å²) in [6, 6.07) is 7.70. The molecule has 0 spiro atoms. The van der Waals surface area contributed by atoms with Crippen LogP contribution in [0.3, 0.4) is 0 Å². The molecule has 1 aromatic carbocycles. The molecule has 1 amide bonds. The molecule has 5 nitrogen and oxygen atoms in total. The van der Waals surface area contributed by atoms with Gasteiger partial charge in [-0.25, -0.2) is 0 Å². The van der Waals surface area contributed by atoms with Crippen LogP contribution in [0.1, 0.15) is 13.3 Å². The number of carbonyl (C=O) groups excluding carboxylic acids is 1. The van der Waals surface area contributed by atoms with Crippen LogP contribution in [0.25, 0.3) is 10.9 Å². The van der Waals surface area contributed by atoms with Gasteiger partial charge in [0.15, 0.2) is 0 Å². The van der Waals surface area contributed by atoms with E-state index in [0.29, 0.717) is 6.54 Å². The lowest BCUT2D eigenvalue weighted by atomic mass is 10.2. The highest BCUT2D eigenvalue weighted by atomic mass is 16.1. The van der Waals surface area contributed by atoms with E-state index >= 15 is 0 Å². The van der Waals surface area contributed by atoms with Gasteiger partial charge >= 0.3 is 0 Å². The maximum Gasteiger partial charge on any atom is 0.239 e. The summed E-state index contributed by atoms with van der Waals surface area (Å²) in [6.45, 7) is 2.97. The molecule has 0 aliphatic carbocycles. The van der Waals surface area contributed by atoms with E-state index in [2.05, 4.69) is 20.8 Å². The molecule has 94 valence electrons. The van der Waals surface area contributed by atoms with Gasteiger partial charge in [-0.05, 0) is 12.5 Å². The second kappa shape index (κ2) is 5.95. The third kappa shape index (κ3) is 2.94. The summed E-state index contributed by atoms with van der Waals surface area (Å²) in [5, 5.41) is 14.8. The van der Waals surface area contributed by atoms with E-state index in [-0.39, 0.29) is 12.5 Å². The summed E-state index contributed by atoms with van der Waals surface area (Å²) in [7, 11) is 0. The standard InChI is InChI=1S/C13H16N4O/c1-2-7-14-13(18)9-15-12-8-16-17-11-6-4-3-5-10(11)12/h3-6,8H,2,7,9H2,1H3,(H,14,18)(H,15,17). The normalized spacial score (nSPS) is 10.3. The number of nitrogens with one attached hydrogen (secondary N) is 2. The van der Waals surface area contributed by atoms with Crippen molar-refractivity contribution in [1.29, 1.82) is 0 Å². The van der Waals surface area contributed by atoms with E-state index in [1.165, 1.54) is 0 Å². The predicted octanol–water partition coefficient (Wildman–Crippen LogP) is 1.57. The van der Waals surface area contributed by atoms with E-state index in [1.54, 1.807) is 6.20 Å². The first-order valence-electron chi connectivity index (χ1n) is 6.02. The van der Waals surface area contributed by atoms with Crippen molar-refractivity contribution >= 4 is 22.5 Å². The number of aromatic nitrogens is 2. The fraction of sp³-hybridized carbons (Fsp3) is 0.308. The van der Waals surface area contributed by atoms with Crippen LogP contribution in [0.2, 0.25) is 0 Å². The molecular weight excluding hydrogens is 228 g/mol. The predicted molar refractivity (Wildman–Crippen MR) is 71.3 cm³/mol. The number of fused-ring (bicyclic) bond motifs is 1. The molecule has 0 aliphatic heterocycles. The van der Waals surface area contributed by atoms with Crippen molar-refractivity contribution in [2.75, 3.05) is 18.4 Å². The average molecular weight is 244 g/mol. The van der Waals surface area contributed by atoms with Crippen LogP contribution in [-0.2, 0) is 4.79 Å². The van der Waals surface area contributed by atoms with Gasteiger partial charge in [-0.1, -0.05) is 25.1 Å². The molecule has 2 rings (SSSR count). The Labute approximate surface area is 106 Å². The lowest BCUT2D eigenvalue weighted by Crippen LogP contribution is -2.30. The topological polar surface area (TPSA) is 66.9 Å². The highest BCUT2D eigenvalue weighted by Crippen LogP contribution is 2.19. The van der Waals surface area contributed by atoms with Gasteiger partial charge in [0.25, 0.3) is 0 Å². The Kier molecular flexibility index (Phi) is 4.06. The first kappa shape index (κ1) is 12.3. The third-order valence-electron chi connectivity index (χ3n) is 2.56. The van der Waals surface area contributed by atoms with Crippen LogP contribution >= 0.6 is 0 Å². The van der Waals surface area contributed by atoms with E-state index < -0.39 is 0 Å². The molecule has 1 heterocycles. The highest BCUT2D eigenvalue weighted by Gasteiger charge is 2.04. The maximum atomic E-state index is 11.5. The molecule has 0 atom stereocenters. The third-order valence-corrected chi connectivity index (χ3v) is 2.56. The van der Waals surface area contributed by atoms with Gasteiger partial charge in [0.1, 0.15) is 0 Å². The summed E-state index contributed by atoms with van der Waals surface area (Å²) in [5.41, 5.74) is 1.64. The van der Waals surface area contributed by atoms with Gasteiger partial charge in [-0.15, -0.1) is 0 Å². The number of carbonyl (C=O) groups is 1. The van der Waals surface area contributed by atoms with Crippen molar-refractivity contribution in [3.63, 3.8) is 0 Å². The maximum absolute atomic E-state index is 11.5. The van der Waals surface area contributed by atoms with E-state index in [1.807, 2.05) is 31.2 Å². The van der Waals surface area contributed by atoms with Crippen LogP contribution in [0, 0.1) is 0 Å². The minimum Gasteiger partial charge on any atom is -0.374 e. The van der Waals surface area contributed by atoms with Crippen molar-refractivity contribution in [3.8, 4) is 0 Å². The minimum atomic E-state index is -0.0160. The van der Waals surface area contributed by atoms with Crippen molar-refractivity contribution in [2.45, 2.75) is 13.3 Å². The molecule has 2 aromatic rings. The molecule has 0 saturated heterocycles. The van der Waals surface area contributed by atoms with Crippen molar-refractivity contribution in [3.05, 3.63) is 30.5 Å². The Morgan fingerprint density at radius 1 is 1.33 bits per heavy atom. The summed E-state index contributed by atoms with van der Waals surface area (Å²) in [6.07, 6.45) is 2.57. The first-order chi connectivity index (χ1) is 8.81. The number of amides is 1. The SMILES string of the molecule is CCCNC(=O)CNc1cnnc2ccccc12. The van der Waals surface area contributed by atoms with Crippen LogP contribution in [0.15, 0.2) is 30.5 Å². The summed E-state index contributed by atoms with van der Waals surface area (Å²) in [5.74, 6) is -0.0160. The Hall–Kier alpha value is -2.17. The number of hydrogen-bond acceptors (Lipinski definition) is 4. The largest absolute Gasteiger partial charge is 0.374 e. The van der Waals surface area contributed by atoms with Gasteiger partial charge in [0, 0.05) is 11.9 Å². The first-order valence-corrected chi connectivity index (χ1v) is 6.02. The monoisotopic (exact) mass is 244 g/mol. The molecule has 0 fully saturated rings. The summed E-state index contributed by atoms with van der Waals surface area (Å²) < 4.78 is 0. The second-order valence-electron chi connectivity index (χ2n) is 3.98. The fourth-order valence-electron chi connectivity index (χ4n) is 1.65. The molecule has 2 N–H and O–H groups in total. The number of benzene rings is 1. The zero-order valence-electron chi connectivity index (χ0n) is 10.3. The minimum absolute atomic E-state index is 0.0160. The average Bonchev–Trinajstić information content (AvgIpc) is 2.42. The van der Waals surface area contributed by atoms with Gasteiger partial charge in [-0.3, -0.25) is 4.79 Å². The van der Waals surface area contributed by atoms with Gasteiger partial charge < -0.3 is 10.6 Å². The van der Waals surface area contributed by atoms with Gasteiger partial charge in [-0.2, -0.15) is 10.2 Å². The lowest BCUT2D eigenvalue weighted by molar-refractivity contribution is -0.119. The van der Waals surface area contributed by atoms with Crippen molar-refractivity contribution in [1.82, 2.24) is 15.5 Å². The van der Waals surface area contributed by atoms with Crippen LogP contribution in [0.4, 0.5) is 5.69 Å². The van der Waals surface area contributed by atoms with Crippen LogP contribution < -0.4 is 10.6 Å². The molecule has 0 bridgehead atoms. The number of rotatable bonds is 5. The van der Waals surface area contributed by atoms with Crippen LogP contribution in [-0.4, -0.2) is 29.2 Å². The van der Waals surface area contributed by atoms with E-state index in [9.17, 15) is 4.79 Å². The number of nitrogens with zero attached hydrogens (tertiary/aromatic N) is 2. The second-order valence-corrected chi connectivity index (χ2v) is 3.98. The number of anilines is 1. The molecule has 0 aliphatic rings. The van der Waals surface area contributed by atoms with Crippen molar-refractivity contribution in [2.24, 2.45) is 0 Å². The molecular formula is C13H16N4O. The molecule has 0 saturated carbocycles. The molecule has 0 radical (unpaired) electrons. The van der Waals surface area contributed by atoms with E-state index in [0.717, 1.165) is 23.0 Å². The zero-order chi connectivity index (χ0) is 12.8. The van der Waals surface area contributed by atoms with Gasteiger partial charge in [0.2, 0.25) is 5.91 Å². The summed E-state index contributed by atoms with van der Waals surface area (Å²) >= 11 is 0. The van der Waals surface area contributed by atoms with Crippen molar-refractivity contribution < 1.29 is 4.79 Å². The Bertz CT molecular complexity index is 536. The Morgan fingerprint density at radius 3 is 3.00 bits per heavy atom. The molecule has 5 heteroatoms. The van der Waals surface area contributed by atoms with Gasteiger partial charge in [0.05, 0.1) is 23.9 Å². The number of hydrogen-bond donors (Lipinski definition) is 2. The van der Waals surface area contributed by atoms with E-state index in [4.69, 9.17) is 0 Å².